The van der Waals surface area contributed by atoms with Gasteiger partial charge in [-0.1, -0.05) is 0 Å². The zero-order valence-corrected chi connectivity index (χ0v) is 16.3. The minimum atomic E-state index is -4.42. The van der Waals surface area contributed by atoms with E-state index in [9.17, 15) is 22.8 Å². The van der Waals surface area contributed by atoms with Crippen molar-refractivity contribution in [2.45, 2.75) is 31.5 Å². The molecule has 5 nitrogen and oxygen atoms in total. The lowest BCUT2D eigenvalue weighted by Crippen LogP contribution is -2.56. The van der Waals surface area contributed by atoms with E-state index in [0.717, 1.165) is 25.0 Å². The Hall–Kier alpha value is -2.90. The first-order valence-electron chi connectivity index (χ1n) is 10.0. The molecule has 2 atom stereocenters. The maximum Gasteiger partial charge on any atom is 0.416 e. The largest absolute Gasteiger partial charge is 0.416 e. The zero-order valence-electron chi connectivity index (χ0n) is 16.3. The van der Waals surface area contributed by atoms with Crippen molar-refractivity contribution in [2.24, 2.45) is 5.92 Å². The first kappa shape index (κ1) is 20.4. The Labute approximate surface area is 172 Å². The summed E-state index contributed by atoms with van der Waals surface area (Å²) in [5, 5.41) is 0. The highest BCUT2D eigenvalue weighted by molar-refractivity contribution is 5.95. The van der Waals surface area contributed by atoms with Crippen molar-refractivity contribution in [3.63, 3.8) is 0 Å². The Morgan fingerprint density at radius 3 is 2.23 bits per heavy atom. The minimum Gasteiger partial charge on any atom is -0.338 e. The molecule has 8 heteroatoms. The predicted octanol–water partition coefficient (Wildman–Crippen LogP) is 3.87. The van der Waals surface area contributed by atoms with Crippen LogP contribution in [0.5, 0.6) is 0 Å². The second-order valence-electron chi connectivity index (χ2n) is 7.82. The number of likely N-dealkylation sites (tertiary alicyclic amines) is 2. The molecule has 30 heavy (non-hydrogen) atoms. The molecule has 4 rings (SSSR count). The van der Waals surface area contributed by atoms with Crippen LogP contribution in [-0.2, 0) is 6.18 Å². The van der Waals surface area contributed by atoms with Gasteiger partial charge in [-0.2, -0.15) is 13.2 Å². The number of amides is 2. The van der Waals surface area contributed by atoms with Crippen molar-refractivity contribution in [1.82, 2.24) is 14.8 Å². The van der Waals surface area contributed by atoms with Crippen LogP contribution in [0.3, 0.4) is 0 Å². The van der Waals surface area contributed by atoms with Gasteiger partial charge < -0.3 is 9.80 Å². The van der Waals surface area contributed by atoms with E-state index in [4.69, 9.17) is 0 Å². The topological polar surface area (TPSA) is 53.5 Å². The summed E-state index contributed by atoms with van der Waals surface area (Å²) in [4.78, 5) is 33.3. The van der Waals surface area contributed by atoms with Crippen LogP contribution in [0, 0.1) is 5.92 Å². The monoisotopic (exact) mass is 417 g/mol. The van der Waals surface area contributed by atoms with Crippen molar-refractivity contribution in [1.29, 1.82) is 0 Å². The third-order valence-corrected chi connectivity index (χ3v) is 6.00. The quantitative estimate of drug-likeness (QED) is 0.746. The van der Waals surface area contributed by atoms with Crippen molar-refractivity contribution in [3.8, 4) is 0 Å². The molecule has 3 heterocycles. The first-order valence-corrected chi connectivity index (χ1v) is 10.0. The maximum absolute atomic E-state index is 13.0. The number of piperidine rings is 2. The molecule has 2 aliphatic rings. The van der Waals surface area contributed by atoms with E-state index in [1.807, 2.05) is 4.90 Å². The predicted molar refractivity (Wildman–Crippen MR) is 104 cm³/mol. The van der Waals surface area contributed by atoms with E-state index in [0.29, 0.717) is 31.6 Å². The molecule has 2 fully saturated rings. The number of carbonyl (C=O) groups is 2. The molecule has 2 aromatic rings. The van der Waals surface area contributed by atoms with Crippen molar-refractivity contribution in [3.05, 3.63) is 65.5 Å². The maximum atomic E-state index is 13.0. The molecule has 1 aromatic heterocycles. The number of halogens is 3. The summed E-state index contributed by atoms with van der Waals surface area (Å²) in [5.41, 5.74) is 0.0920. The lowest BCUT2D eigenvalue weighted by Gasteiger charge is -2.47. The highest BCUT2D eigenvalue weighted by Gasteiger charge is 2.40. The van der Waals surface area contributed by atoms with Crippen LogP contribution in [0.15, 0.2) is 48.8 Å². The smallest absolute Gasteiger partial charge is 0.338 e. The van der Waals surface area contributed by atoms with Gasteiger partial charge in [0, 0.05) is 49.2 Å². The molecular formula is C22H22F3N3O2. The van der Waals surface area contributed by atoms with Crippen molar-refractivity contribution >= 4 is 11.8 Å². The van der Waals surface area contributed by atoms with E-state index in [2.05, 4.69) is 4.98 Å². The van der Waals surface area contributed by atoms with Crippen LogP contribution in [0.1, 0.15) is 45.5 Å². The Morgan fingerprint density at radius 1 is 0.900 bits per heavy atom. The minimum absolute atomic E-state index is 0.00460. The lowest BCUT2D eigenvalue weighted by atomic mass is 9.83. The summed E-state index contributed by atoms with van der Waals surface area (Å²) >= 11 is 0. The number of carbonyl (C=O) groups excluding carboxylic acids is 2. The zero-order chi connectivity index (χ0) is 21.3. The number of rotatable bonds is 2. The van der Waals surface area contributed by atoms with Gasteiger partial charge in [0.15, 0.2) is 0 Å². The standard InChI is InChI=1S/C22H22F3N3O2/c23-22(24,25)18-5-3-15(4-6-18)21(30)28-12-1-2-17-14-27(13-9-19(17)28)20(29)16-7-10-26-11-8-16/h3-8,10-11,17,19H,1-2,9,12-14H2/t17-,19-/m1/s1. The van der Waals surface area contributed by atoms with E-state index in [1.54, 1.807) is 29.4 Å². The second-order valence-corrected chi connectivity index (χ2v) is 7.82. The van der Waals surface area contributed by atoms with Gasteiger partial charge >= 0.3 is 6.18 Å². The molecule has 0 bridgehead atoms. The highest BCUT2D eigenvalue weighted by atomic mass is 19.4. The molecule has 2 saturated heterocycles. The average molecular weight is 417 g/mol. The molecule has 0 unspecified atom stereocenters. The summed E-state index contributed by atoms with van der Waals surface area (Å²) < 4.78 is 38.4. The number of hydrogen-bond donors (Lipinski definition) is 0. The van der Waals surface area contributed by atoms with Gasteiger partial charge in [-0.3, -0.25) is 14.6 Å². The molecule has 0 N–H and O–H groups in total. The summed E-state index contributed by atoms with van der Waals surface area (Å²) in [5.74, 6) is -0.119. The summed E-state index contributed by atoms with van der Waals surface area (Å²) in [6.45, 7) is 1.70. The number of nitrogens with zero attached hydrogens (tertiary/aromatic N) is 3. The van der Waals surface area contributed by atoms with Gasteiger partial charge in [-0.15, -0.1) is 0 Å². The SMILES string of the molecule is O=C(c1ccncc1)N1CC[C@@H]2[C@H](CCCN2C(=O)c2ccc(C(F)(F)F)cc2)C1. The summed E-state index contributed by atoms with van der Waals surface area (Å²) in [6.07, 6.45) is 1.14. The Kier molecular flexibility index (Phi) is 5.49. The lowest BCUT2D eigenvalue weighted by molar-refractivity contribution is -0.137. The molecule has 158 valence electrons. The Balaban J connectivity index is 1.46. The van der Waals surface area contributed by atoms with Gasteiger partial charge in [0.1, 0.15) is 0 Å². The summed E-state index contributed by atoms with van der Waals surface area (Å²) in [6, 6.07) is 7.77. The van der Waals surface area contributed by atoms with Crippen LogP contribution in [0.25, 0.3) is 0 Å². The Morgan fingerprint density at radius 2 is 1.57 bits per heavy atom. The number of benzene rings is 1. The van der Waals surface area contributed by atoms with E-state index < -0.39 is 11.7 Å². The molecule has 2 amide bonds. The fourth-order valence-corrected chi connectivity index (χ4v) is 4.48. The summed E-state index contributed by atoms with van der Waals surface area (Å²) in [7, 11) is 0. The van der Waals surface area contributed by atoms with Crippen LogP contribution < -0.4 is 0 Å². The van der Waals surface area contributed by atoms with E-state index in [1.165, 1.54) is 12.1 Å². The van der Waals surface area contributed by atoms with Crippen LogP contribution in [0.4, 0.5) is 13.2 Å². The van der Waals surface area contributed by atoms with Crippen molar-refractivity contribution < 1.29 is 22.8 Å². The van der Waals surface area contributed by atoms with Gasteiger partial charge in [0.25, 0.3) is 11.8 Å². The molecule has 1 aromatic carbocycles. The second kappa shape index (κ2) is 8.08. The van der Waals surface area contributed by atoms with Gasteiger partial charge in [0.05, 0.1) is 5.56 Å². The van der Waals surface area contributed by atoms with Crippen LogP contribution >= 0.6 is 0 Å². The molecule has 0 radical (unpaired) electrons. The first-order chi connectivity index (χ1) is 14.3. The third kappa shape index (κ3) is 4.04. The van der Waals surface area contributed by atoms with Crippen molar-refractivity contribution in [2.75, 3.05) is 19.6 Å². The average Bonchev–Trinajstić information content (AvgIpc) is 2.77. The van der Waals surface area contributed by atoms with Crippen LogP contribution in [-0.4, -0.2) is 52.3 Å². The molecule has 2 aliphatic heterocycles. The van der Waals surface area contributed by atoms with E-state index in [-0.39, 0.29) is 29.3 Å². The molecule has 0 saturated carbocycles. The molecule has 0 spiro atoms. The number of hydrogen-bond acceptors (Lipinski definition) is 3. The highest BCUT2D eigenvalue weighted by Crippen LogP contribution is 2.33. The number of pyridine rings is 1. The van der Waals surface area contributed by atoms with Gasteiger partial charge in [-0.25, -0.2) is 0 Å². The van der Waals surface area contributed by atoms with E-state index >= 15 is 0 Å². The fourth-order valence-electron chi connectivity index (χ4n) is 4.48. The normalized spacial score (nSPS) is 21.8. The third-order valence-electron chi connectivity index (χ3n) is 6.00. The van der Waals surface area contributed by atoms with Gasteiger partial charge in [0.2, 0.25) is 0 Å². The number of aromatic nitrogens is 1. The fraction of sp³-hybridized carbons (Fsp3) is 0.409. The number of fused-ring (bicyclic) bond motifs is 1. The van der Waals surface area contributed by atoms with Crippen LogP contribution in [0.2, 0.25) is 0 Å². The number of alkyl halides is 3. The Bertz CT molecular complexity index is 915. The van der Waals surface area contributed by atoms with Gasteiger partial charge in [-0.05, 0) is 61.6 Å². The molecule has 0 aliphatic carbocycles. The molecular weight excluding hydrogens is 395 g/mol.